The summed E-state index contributed by atoms with van der Waals surface area (Å²) < 4.78 is 36.6. The fraction of sp³-hybridized carbons (Fsp3) is 0.350. The van der Waals surface area contributed by atoms with Crippen molar-refractivity contribution >= 4 is 37.3 Å². The Morgan fingerprint density at radius 1 is 1.14 bits per heavy atom. The number of sulfonamides is 1. The lowest BCUT2D eigenvalue weighted by atomic mass is 9.92. The Labute approximate surface area is 167 Å². The Morgan fingerprint density at radius 3 is 2.54 bits per heavy atom. The van der Waals surface area contributed by atoms with Crippen LogP contribution in [0.15, 0.2) is 40.0 Å². The second kappa shape index (κ2) is 7.25. The van der Waals surface area contributed by atoms with Crippen LogP contribution in [-0.2, 0) is 29.4 Å². The predicted octanol–water partition coefficient (Wildman–Crippen LogP) is 3.77. The summed E-state index contributed by atoms with van der Waals surface area (Å²) in [6.45, 7) is 2.49. The van der Waals surface area contributed by atoms with E-state index in [4.69, 9.17) is 4.74 Å². The molecule has 0 radical (unpaired) electrons. The summed E-state index contributed by atoms with van der Waals surface area (Å²) in [5.41, 5.74) is 3.47. The lowest BCUT2D eigenvalue weighted by molar-refractivity contribution is 0.401. The molecule has 0 spiro atoms. The van der Waals surface area contributed by atoms with Crippen molar-refractivity contribution in [1.82, 2.24) is 4.57 Å². The van der Waals surface area contributed by atoms with E-state index in [0.717, 1.165) is 58.4 Å². The van der Waals surface area contributed by atoms with Gasteiger partial charge in [-0.2, -0.15) is 0 Å². The second-order valence-corrected chi connectivity index (χ2v) is 9.52. The fourth-order valence-electron chi connectivity index (χ4n) is 3.75. The van der Waals surface area contributed by atoms with E-state index in [1.165, 1.54) is 7.11 Å². The second-order valence-electron chi connectivity index (χ2n) is 6.88. The van der Waals surface area contributed by atoms with Gasteiger partial charge in [0.15, 0.2) is 0 Å². The molecule has 1 aliphatic carbocycles. The van der Waals surface area contributed by atoms with E-state index in [1.54, 1.807) is 28.8 Å². The summed E-state index contributed by atoms with van der Waals surface area (Å²) in [7, 11) is -2.34. The van der Waals surface area contributed by atoms with Gasteiger partial charge in [0, 0.05) is 6.54 Å². The van der Waals surface area contributed by atoms with Crippen molar-refractivity contribution in [3.8, 4) is 5.75 Å². The summed E-state index contributed by atoms with van der Waals surface area (Å²) in [5, 5.41) is 0. The SMILES string of the molecule is CCn1c(=O)sc2cc(NS(=O)(=O)c3cc4c(cc3OC)CCCC4)ccc21. The summed E-state index contributed by atoms with van der Waals surface area (Å²) in [5.74, 6) is 0.357. The highest BCUT2D eigenvalue weighted by atomic mass is 32.2. The summed E-state index contributed by atoms with van der Waals surface area (Å²) in [4.78, 5) is 12.1. The van der Waals surface area contributed by atoms with Crippen LogP contribution in [0.5, 0.6) is 5.75 Å². The number of benzene rings is 2. The average Bonchev–Trinajstić information content (AvgIpc) is 3.00. The van der Waals surface area contributed by atoms with Crippen LogP contribution in [0.25, 0.3) is 10.2 Å². The number of aromatic nitrogens is 1. The molecule has 1 heterocycles. The third-order valence-electron chi connectivity index (χ3n) is 5.15. The molecule has 1 aromatic heterocycles. The molecule has 28 heavy (non-hydrogen) atoms. The number of thiazole rings is 1. The molecule has 1 N–H and O–H groups in total. The maximum atomic E-state index is 13.1. The number of nitrogens with one attached hydrogen (secondary N) is 1. The summed E-state index contributed by atoms with van der Waals surface area (Å²) in [6.07, 6.45) is 4.01. The number of hydrogen-bond donors (Lipinski definition) is 1. The van der Waals surface area contributed by atoms with Crippen molar-refractivity contribution in [3.63, 3.8) is 0 Å². The minimum absolute atomic E-state index is 0.0473. The number of fused-ring (bicyclic) bond motifs is 2. The highest BCUT2D eigenvalue weighted by Crippen LogP contribution is 2.33. The number of rotatable bonds is 5. The Bertz CT molecular complexity index is 1210. The van der Waals surface area contributed by atoms with E-state index < -0.39 is 10.0 Å². The molecule has 1 aliphatic rings. The van der Waals surface area contributed by atoms with E-state index in [1.807, 2.05) is 13.0 Å². The number of methoxy groups -OCH3 is 1. The van der Waals surface area contributed by atoms with Crippen molar-refractivity contribution in [2.75, 3.05) is 11.8 Å². The summed E-state index contributed by atoms with van der Waals surface area (Å²) >= 11 is 1.11. The van der Waals surface area contributed by atoms with Crippen LogP contribution in [-0.4, -0.2) is 20.1 Å². The lowest BCUT2D eigenvalue weighted by Gasteiger charge is -2.19. The summed E-state index contributed by atoms with van der Waals surface area (Å²) in [6, 6.07) is 8.75. The van der Waals surface area contributed by atoms with Gasteiger partial charge in [0.1, 0.15) is 10.6 Å². The smallest absolute Gasteiger partial charge is 0.308 e. The van der Waals surface area contributed by atoms with Crippen LogP contribution in [0, 0.1) is 0 Å². The largest absolute Gasteiger partial charge is 0.495 e. The first kappa shape index (κ1) is 19.0. The number of hydrogen-bond acceptors (Lipinski definition) is 5. The zero-order valence-electron chi connectivity index (χ0n) is 15.8. The van der Waals surface area contributed by atoms with E-state index in [0.29, 0.717) is 18.0 Å². The van der Waals surface area contributed by atoms with E-state index >= 15 is 0 Å². The molecule has 8 heteroatoms. The molecule has 4 rings (SSSR count). The Morgan fingerprint density at radius 2 is 1.86 bits per heavy atom. The van der Waals surface area contributed by atoms with Gasteiger partial charge in [0.2, 0.25) is 0 Å². The van der Waals surface area contributed by atoms with Crippen molar-refractivity contribution in [2.24, 2.45) is 0 Å². The first-order valence-electron chi connectivity index (χ1n) is 9.29. The van der Waals surface area contributed by atoms with Crippen molar-refractivity contribution < 1.29 is 13.2 Å². The minimum atomic E-state index is -3.82. The van der Waals surface area contributed by atoms with Gasteiger partial charge in [0.05, 0.1) is 23.0 Å². The van der Waals surface area contributed by atoms with Crippen LogP contribution in [0.1, 0.15) is 30.9 Å². The molecule has 3 aromatic rings. The number of aryl methyl sites for hydroxylation is 3. The van der Waals surface area contributed by atoms with Gasteiger partial charge >= 0.3 is 4.87 Å². The van der Waals surface area contributed by atoms with E-state index in [-0.39, 0.29) is 9.77 Å². The van der Waals surface area contributed by atoms with Gasteiger partial charge < -0.3 is 4.74 Å². The molecule has 0 aliphatic heterocycles. The third-order valence-corrected chi connectivity index (χ3v) is 7.50. The molecular weight excluding hydrogens is 396 g/mol. The van der Waals surface area contributed by atoms with Crippen LogP contribution in [0.3, 0.4) is 0 Å². The van der Waals surface area contributed by atoms with Crippen LogP contribution in [0.4, 0.5) is 5.69 Å². The van der Waals surface area contributed by atoms with Gasteiger partial charge in [0.25, 0.3) is 10.0 Å². The maximum absolute atomic E-state index is 13.1. The Hall–Kier alpha value is -2.32. The third kappa shape index (κ3) is 3.31. The normalized spacial score (nSPS) is 14.1. The molecule has 0 unspecified atom stereocenters. The fourth-order valence-corrected chi connectivity index (χ4v) is 6.00. The molecule has 148 valence electrons. The first-order chi connectivity index (χ1) is 13.4. The van der Waals surface area contributed by atoms with Crippen molar-refractivity contribution in [2.45, 2.75) is 44.0 Å². The van der Waals surface area contributed by atoms with Crippen LogP contribution < -0.4 is 14.3 Å². The van der Waals surface area contributed by atoms with Gasteiger partial charge in [-0.15, -0.1) is 0 Å². The first-order valence-corrected chi connectivity index (χ1v) is 11.6. The molecule has 2 aromatic carbocycles. The molecule has 0 bridgehead atoms. The maximum Gasteiger partial charge on any atom is 0.308 e. The quantitative estimate of drug-likeness (QED) is 0.684. The molecule has 0 saturated heterocycles. The van der Waals surface area contributed by atoms with E-state index in [2.05, 4.69) is 4.72 Å². The van der Waals surface area contributed by atoms with Crippen LogP contribution >= 0.6 is 11.3 Å². The molecule has 0 saturated carbocycles. The average molecular weight is 419 g/mol. The molecule has 0 atom stereocenters. The van der Waals surface area contributed by atoms with Gasteiger partial charge in [-0.3, -0.25) is 14.1 Å². The van der Waals surface area contributed by atoms with Crippen molar-refractivity contribution in [3.05, 3.63) is 51.1 Å². The highest BCUT2D eigenvalue weighted by Gasteiger charge is 2.23. The standard InChI is InChI=1S/C20H22N2O4S2/c1-3-22-16-9-8-15(12-18(16)27-20(22)23)21-28(24,25)19-11-14-7-5-4-6-13(14)10-17(19)26-2/h8-12,21H,3-7H2,1-2H3. The number of nitrogens with zero attached hydrogens (tertiary/aromatic N) is 1. The monoisotopic (exact) mass is 418 g/mol. The lowest BCUT2D eigenvalue weighted by Crippen LogP contribution is -2.16. The molecule has 6 nitrogen and oxygen atoms in total. The zero-order chi connectivity index (χ0) is 19.9. The topological polar surface area (TPSA) is 77.4 Å². The van der Waals surface area contributed by atoms with Gasteiger partial charge in [-0.05, 0) is 74.1 Å². The predicted molar refractivity (Wildman–Crippen MR) is 112 cm³/mol. The van der Waals surface area contributed by atoms with Gasteiger partial charge in [-0.25, -0.2) is 8.42 Å². The minimum Gasteiger partial charge on any atom is -0.495 e. The number of anilines is 1. The van der Waals surface area contributed by atoms with Gasteiger partial charge in [-0.1, -0.05) is 11.3 Å². The van der Waals surface area contributed by atoms with Crippen molar-refractivity contribution in [1.29, 1.82) is 0 Å². The molecular formula is C20H22N2O4S2. The number of ether oxygens (including phenoxy) is 1. The zero-order valence-corrected chi connectivity index (χ0v) is 17.5. The molecule has 0 amide bonds. The molecule has 0 fully saturated rings. The Balaban J connectivity index is 1.73. The Kier molecular flexibility index (Phi) is 4.93. The van der Waals surface area contributed by atoms with E-state index in [9.17, 15) is 13.2 Å². The van der Waals surface area contributed by atoms with Crippen LogP contribution in [0.2, 0.25) is 0 Å². The highest BCUT2D eigenvalue weighted by molar-refractivity contribution is 7.92.